The number of fused-ring (bicyclic) bond motifs is 1. The summed E-state index contributed by atoms with van der Waals surface area (Å²) in [7, 11) is 1.83. The van der Waals surface area contributed by atoms with Crippen LogP contribution < -0.4 is 0 Å². The maximum absolute atomic E-state index is 10.5. The third-order valence-corrected chi connectivity index (χ3v) is 4.69. The van der Waals surface area contributed by atoms with Gasteiger partial charge in [0.15, 0.2) is 17.4 Å². The van der Waals surface area contributed by atoms with Crippen molar-refractivity contribution in [2.45, 2.75) is 13.8 Å². The fraction of sp³-hybridized carbons (Fsp3) is 0.143. The number of aromatic amines is 1. The van der Waals surface area contributed by atoms with Crippen molar-refractivity contribution in [2.75, 3.05) is 0 Å². The van der Waals surface area contributed by atoms with Crippen molar-refractivity contribution in [2.24, 2.45) is 12.0 Å². The van der Waals surface area contributed by atoms with Gasteiger partial charge in [-0.1, -0.05) is 6.07 Å². The Labute approximate surface area is 161 Å². The molecule has 0 aliphatic carbocycles. The van der Waals surface area contributed by atoms with Gasteiger partial charge in [0, 0.05) is 42.6 Å². The van der Waals surface area contributed by atoms with E-state index in [1.807, 2.05) is 39.2 Å². The Bertz CT molecular complexity index is 1270. The van der Waals surface area contributed by atoms with Gasteiger partial charge < -0.3 is 10.1 Å². The molecule has 0 aliphatic heterocycles. The van der Waals surface area contributed by atoms with Gasteiger partial charge in [0.25, 0.3) is 0 Å². The van der Waals surface area contributed by atoms with Gasteiger partial charge >= 0.3 is 0 Å². The second-order valence-electron chi connectivity index (χ2n) is 6.61. The Morgan fingerprint density at radius 2 is 2.11 bits per heavy atom. The van der Waals surface area contributed by atoms with E-state index in [0.717, 1.165) is 22.1 Å². The molecular weight excluding hydrogens is 352 g/mol. The molecule has 0 bridgehead atoms. The molecule has 0 saturated carbocycles. The highest BCUT2D eigenvalue weighted by atomic mass is 16.3. The Morgan fingerprint density at radius 3 is 2.79 bits per heavy atom. The molecule has 3 heterocycles. The summed E-state index contributed by atoms with van der Waals surface area (Å²) in [5.74, 6) is 0.582. The van der Waals surface area contributed by atoms with E-state index in [2.05, 4.69) is 24.9 Å². The van der Waals surface area contributed by atoms with Crippen LogP contribution in [0.3, 0.4) is 0 Å². The van der Waals surface area contributed by atoms with Crippen LogP contribution in [0.2, 0.25) is 0 Å². The summed E-state index contributed by atoms with van der Waals surface area (Å²) >= 11 is 0. The molecule has 0 fully saturated rings. The third-order valence-electron chi connectivity index (χ3n) is 4.69. The van der Waals surface area contributed by atoms with Crippen LogP contribution in [-0.2, 0) is 7.05 Å². The van der Waals surface area contributed by atoms with Gasteiger partial charge in [-0.2, -0.15) is 5.10 Å². The number of nitrogens with one attached hydrogen (secondary N) is 1. The molecular formula is C21H18N6O. The number of aryl methyl sites for hydroxylation is 2. The van der Waals surface area contributed by atoms with Crippen LogP contribution in [-0.4, -0.2) is 30.6 Å². The van der Waals surface area contributed by atoms with Crippen molar-refractivity contribution in [3.8, 4) is 17.0 Å². The molecule has 2 N–H and O–H groups in total. The molecule has 0 unspecified atom stereocenters. The van der Waals surface area contributed by atoms with Gasteiger partial charge in [-0.05, 0) is 42.7 Å². The van der Waals surface area contributed by atoms with Crippen molar-refractivity contribution < 1.29 is 5.11 Å². The Balaban J connectivity index is 1.95. The Hall–Kier alpha value is -3.92. The molecule has 0 spiro atoms. The number of aromatic nitrogens is 4. The minimum atomic E-state index is 0.0168. The fourth-order valence-electron chi connectivity index (χ4n) is 3.33. The maximum Gasteiger partial charge on any atom is 0.198 e. The van der Waals surface area contributed by atoms with Gasteiger partial charge in [-0.15, -0.1) is 0 Å². The van der Waals surface area contributed by atoms with Crippen LogP contribution >= 0.6 is 0 Å². The lowest BCUT2D eigenvalue weighted by Crippen LogP contribution is -1.94. The lowest BCUT2D eigenvalue weighted by Gasteiger charge is -2.09. The molecule has 0 atom stereocenters. The molecule has 138 valence electrons. The lowest BCUT2D eigenvalue weighted by atomic mass is 9.98. The molecule has 3 aromatic heterocycles. The molecule has 0 radical (unpaired) electrons. The highest BCUT2D eigenvalue weighted by Gasteiger charge is 2.18. The highest BCUT2D eigenvalue weighted by Crippen LogP contribution is 2.39. The van der Waals surface area contributed by atoms with E-state index in [0.29, 0.717) is 28.3 Å². The minimum Gasteiger partial charge on any atom is -0.494 e. The Kier molecular flexibility index (Phi) is 4.17. The summed E-state index contributed by atoms with van der Waals surface area (Å²) in [6, 6.07) is 7.38. The zero-order valence-electron chi connectivity index (χ0n) is 15.7. The summed E-state index contributed by atoms with van der Waals surface area (Å²) in [5.41, 5.74) is 5.10. The first-order valence-corrected chi connectivity index (χ1v) is 8.70. The van der Waals surface area contributed by atoms with Crippen LogP contribution in [0.4, 0.5) is 11.5 Å². The quantitative estimate of drug-likeness (QED) is 0.406. The van der Waals surface area contributed by atoms with Crippen LogP contribution in [0.5, 0.6) is 5.88 Å². The van der Waals surface area contributed by atoms with E-state index < -0.39 is 0 Å². The number of hydrogen-bond acceptors (Lipinski definition) is 4. The van der Waals surface area contributed by atoms with Crippen molar-refractivity contribution in [3.63, 3.8) is 0 Å². The molecule has 0 amide bonds. The first-order valence-electron chi connectivity index (χ1n) is 8.70. The molecule has 4 aromatic rings. The van der Waals surface area contributed by atoms with E-state index in [-0.39, 0.29) is 5.88 Å². The summed E-state index contributed by atoms with van der Waals surface area (Å²) in [6.07, 6.45) is 5.30. The number of pyridine rings is 1. The van der Waals surface area contributed by atoms with E-state index in [1.165, 1.54) is 0 Å². The normalized spacial score (nSPS) is 11.7. The van der Waals surface area contributed by atoms with Gasteiger partial charge in [0.05, 0.1) is 17.8 Å². The van der Waals surface area contributed by atoms with E-state index >= 15 is 0 Å². The maximum atomic E-state index is 10.5. The predicted octanol–water partition coefficient (Wildman–Crippen LogP) is 4.67. The SMILES string of the molecule is [C-]#[N+]c1cc2[nH]c(O)c(C(C)=Nc3ccn(C)n3)c2cc1-c1cnccc1C. The fourth-order valence-corrected chi connectivity index (χ4v) is 3.33. The molecule has 0 aliphatic rings. The zero-order chi connectivity index (χ0) is 19.8. The monoisotopic (exact) mass is 370 g/mol. The van der Waals surface area contributed by atoms with Crippen molar-refractivity contribution >= 4 is 28.1 Å². The summed E-state index contributed by atoms with van der Waals surface area (Å²) in [5, 5.41) is 15.6. The minimum absolute atomic E-state index is 0.0168. The summed E-state index contributed by atoms with van der Waals surface area (Å²) in [4.78, 5) is 15.4. The van der Waals surface area contributed by atoms with E-state index in [9.17, 15) is 5.11 Å². The number of hydrogen-bond donors (Lipinski definition) is 2. The van der Waals surface area contributed by atoms with Crippen LogP contribution in [0.25, 0.3) is 26.9 Å². The summed E-state index contributed by atoms with van der Waals surface area (Å²) in [6.45, 7) is 11.4. The number of H-pyrrole nitrogens is 1. The van der Waals surface area contributed by atoms with Crippen molar-refractivity contribution in [1.29, 1.82) is 0 Å². The predicted molar refractivity (Wildman–Crippen MR) is 109 cm³/mol. The lowest BCUT2D eigenvalue weighted by molar-refractivity contribution is 0.457. The first kappa shape index (κ1) is 17.5. The number of aromatic hydroxyl groups is 1. The van der Waals surface area contributed by atoms with Gasteiger partial charge in [0.1, 0.15) is 0 Å². The second-order valence-corrected chi connectivity index (χ2v) is 6.61. The average molecular weight is 370 g/mol. The van der Waals surface area contributed by atoms with Gasteiger partial charge in [-0.3, -0.25) is 9.67 Å². The molecule has 7 heteroatoms. The third kappa shape index (κ3) is 2.91. The van der Waals surface area contributed by atoms with Crippen molar-refractivity contribution in [3.05, 3.63) is 65.4 Å². The highest BCUT2D eigenvalue weighted by molar-refractivity contribution is 6.14. The smallest absolute Gasteiger partial charge is 0.198 e. The molecule has 28 heavy (non-hydrogen) atoms. The summed E-state index contributed by atoms with van der Waals surface area (Å²) < 4.78 is 1.67. The standard InChI is InChI=1S/C21H18N6O/c1-12-5-7-23-11-16(12)14-9-15-18(10-17(14)22-3)25-21(28)20(15)13(2)24-19-6-8-27(4)26-19/h5-11,25,28H,1-2,4H3. The van der Waals surface area contributed by atoms with Crippen LogP contribution in [0, 0.1) is 13.5 Å². The number of benzene rings is 1. The van der Waals surface area contributed by atoms with Gasteiger partial charge in [0.2, 0.25) is 0 Å². The van der Waals surface area contributed by atoms with E-state index in [4.69, 9.17) is 6.57 Å². The molecule has 1 aromatic carbocycles. The topological polar surface area (TPSA) is 83.5 Å². The number of aliphatic imine (C=N–C) groups is 1. The number of nitrogens with zero attached hydrogens (tertiary/aromatic N) is 5. The van der Waals surface area contributed by atoms with Gasteiger partial charge in [-0.25, -0.2) is 9.84 Å². The second kappa shape index (κ2) is 6.67. The zero-order valence-corrected chi connectivity index (χ0v) is 15.7. The van der Waals surface area contributed by atoms with Crippen LogP contribution in [0.1, 0.15) is 18.1 Å². The number of rotatable bonds is 3. The molecule has 4 rings (SSSR count). The Morgan fingerprint density at radius 1 is 1.29 bits per heavy atom. The van der Waals surface area contributed by atoms with Crippen LogP contribution in [0.15, 0.2) is 47.8 Å². The largest absolute Gasteiger partial charge is 0.494 e. The average Bonchev–Trinajstić information content (AvgIpc) is 3.22. The van der Waals surface area contributed by atoms with Crippen molar-refractivity contribution in [1.82, 2.24) is 19.7 Å². The molecule has 0 saturated heterocycles. The molecule has 7 nitrogen and oxygen atoms in total. The van der Waals surface area contributed by atoms with E-state index in [1.54, 1.807) is 29.2 Å². The first-order chi connectivity index (χ1) is 13.5.